The number of benzene rings is 1. The minimum absolute atomic E-state index is 0.205. The topological polar surface area (TPSA) is 65.7 Å². The van der Waals surface area contributed by atoms with Crippen molar-refractivity contribution in [2.45, 2.75) is 12.1 Å². The summed E-state index contributed by atoms with van der Waals surface area (Å²) in [6.07, 6.45) is -0.529. The van der Waals surface area contributed by atoms with Crippen LogP contribution in [0.3, 0.4) is 0 Å². The highest BCUT2D eigenvalue weighted by molar-refractivity contribution is 5.96. The Morgan fingerprint density at radius 3 is 2.89 bits per heavy atom. The van der Waals surface area contributed by atoms with E-state index < -0.39 is 6.10 Å². The summed E-state index contributed by atoms with van der Waals surface area (Å²) < 4.78 is 5.55. The van der Waals surface area contributed by atoms with E-state index in [9.17, 15) is 9.90 Å². The smallest absolute Gasteiger partial charge is 0.289 e. The number of para-hydroxylation sites is 1. The monoisotopic (exact) mass is 260 g/mol. The highest BCUT2D eigenvalue weighted by Gasteiger charge is 2.32. The molecule has 2 heterocycles. The summed E-state index contributed by atoms with van der Waals surface area (Å²) in [4.78, 5) is 13.9. The van der Waals surface area contributed by atoms with Crippen molar-refractivity contribution in [2.24, 2.45) is 0 Å². The van der Waals surface area contributed by atoms with Gasteiger partial charge in [0, 0.05) is 25.5 Å². The van der Waals surface area contributed by atoms with Crippen LogP contribution < -0.4 is 5.32 Å². The predicted molar refractivity (Wildman–Crippen MR) is 71.0 cm³/mol. The first-order valence-corrected chi connectivity index (χ1v) is 6.31. The first-order valence-electron chi connectivity index (χ1n) is 6.31. The molecular formula is C14H16N2O3. The van der Waals surface area contributed by atoms with Gasteiger partial charge in [0.2, 0.25) is 0 Å². The van der Waals surface area contributed by atoms with Gasteiger partial charge in [0.05, 0.1) is 12.1 Å². The minimum Gasteiger partial charge on any atom is -0.451 e. The second-order valence-electron chi connectivity index (χ2n) is 4.86. The molecule has 0 bridgehead atoms. The molecule has 0 radical (unpaired) electrons. The number of aliphatic hydroxyl groups excluding tert-OH is 1. The molecule has 100 valence electrons. The van der Waals surface area contributed by atoms with E-state index in [0.29, 0.717) is 24.4 Å². The van der Waals surface area contributed by atoms with Crippen LogP contribution in [-0.2, 0) is 0 Å². The second kappa shape index (κ2) is 4.68. The molecule has 5 heteroatoms. The Bertz CT molecular complexity index is 575. The van der Waals surface area contributed by atoms with Crippen molar-refractivity contribution in [2.75, 3.05) is 20.1 Å². The molecule has 1 aliphatic rings. The molecule has 5 nitrogen and oxygen atoms in total. The number of nitrogens with one attached hydrogen (secondary N) is 1. The number of nitrogens with zero attached hydrogens (tertiary/aromatic N) is 1. The number of hydrogen-bond donors (Lipinski definition) is 2. The molecule has 1 aromatic carbocycles. The number of aliphatic hydroxyl groups is 1. The van der Waals surface area contributed by atoms with Crippen LogP contribution in [0.25, 0.3) is 11.0 Å². The number of amides is 1. The minimum atomic E-state index is -0.529. The molecule has 0 unspecified atom stereocenters. The molecule has 1 aliphatic heterocycles. The SMILES string of the molecule is CN(C(=O)c1cc2ccccc2o1)[C@@H]1CNC[C@H]1O. The van der Waals surface area contributed by atoms with Crippen LogP contribution in [0.2, 0.25) is 0 Å². The van der Waals surface area contributed by atoms with Gasteiger partial charge in [-0.2, -0.15) is 0 Å². The Labute approximate surface area is 110 Å². The maximum atomic E-state index is 12.3. The van der Waals surface area contributed by atoms with E-state index in [-0.39, 0.29) is 11.9 Å². The van der Waals surface area contributed by atoms with Gasteiger partial charge in [-0.3, -0.25) is 4.79 Å². The fourth-order valence-electron chi connectivity index (χ4n) is 2.46. The lowest BCUT2D eigenvalue weighted by molar-refractivity contribution is 0.0555. The number of carbonyl (C=O) groups is 1. The number of hydrogen-bond acceptors (Lipinski definition) is 4. The van der Waals surface area contributed by atoms with Crippen LogP contribution in [0, 0.1) is 0 Å². The van der Waals surface area contributed by atoms with Gasteiger partial charge in [-0.15, -0.1) is 0 Å². The van der Waals surface area contributed by atoms with Crippen LogP contribution >= 0.6 is 0 Å². The van der Waals surface area contributed by atoms with E-state index in [1.165, 1.54) is 0 Å². The zero-order valence-electron chi connectivity index (χ0n) is 10.7. The normalized spacial score (nSPS) is 22.8. The van der Waals surface area contributed by atoms with Crippen molar-refractivity contribution < 1.29 is 14.3 Å². The number of rotatable bonds is 2. The van der Waals surface area contributed by atoms with E-state index in [0.717, 1.165) is 5.39 Å². The predicted octanol–water partition coefficient (Wildman–Crippen LogP) is 0.837. The van der Waals surface area contributed by atoms with Crippen LogP contribution in [-0.4, -0.2) is 48.2 Å². The number of furan rings is 1. The summed E-state index contributed by atoms with van der Waals surface area (Å²) in [5.41, 5.74) is 0.698. The lowest BCUT2D eigenvalue weighted by Gasteiger charge is -2.25. The summed E-state index contributed by atoms with van der Waals surface area (Å²) >= 11 is 0. The van der Waals surface area contributed by atoms with Gasteiger partial charge in [0.25, 0.3) is 5.91 Å². The third-order valence-electron chi connectivity index (χ3n) is 3.61. The molecule has 2 atom stereocenters. The molecule has 2 aromatic rings. The number of carbonyl (C=O) groups excluding carboxylic acids is 1. The third-order valence-corrected chi connectivity index (χ3v) is 3.61. The van der Waals surface area contributed by atoms with Crippen LogP contribution in [0.4, 0.5) is 0 Å². The molecule has 0 aliphatic carbocycles. The molecular weight excluding hydrogens is 244 g/mol. The highest BCUT2D eigenvalue weighted by atomic mass is 16.3. The maximum absolute atomic E-state index is 12.3. The van der Waals surface area contributed by atoms with Crippen molar-refractivity contribution in [3.8, 4) is 0 Å². The van der Waals surface area contributed by atoms with Gasteiger partial charge in [0.1, 0.15) is 5.58 Å². The molecule has 0 spiro atoms. The standard InChI is InChI=1S/C14H16N2O3/c1-16(10-7-15-8-11(10)17)14(18)13-6-9-4-2-3-5-12(9)19-13/h2-6,10-11,15,17H,7-8H2,1H3/t10-,11-/m1/s1. The molecule has 1 amide bonds. The van der Waals surface area contributed by atoms with Gasteiger partial charge in [-0.1, -0.05) is 18.2 Å². The van der Waals surface area contributed by atoms with Gasteiger partial charge >= 0.3 is 0 Å². The zero-order valence-corrected chi connectivity index (χ0v) is 10.7. The van der Waals surface area contributed by atoms with Crippen LogP contribution in [0.1, 0.15) is 10.6 Å². The fourth-order valence-corrected chi connectivity index (χ4v) is 2.46. The first-order chi connectivity index (χ1) is 9.16. The number of likely N-dealkylation sites (N-methyl/N-ethyl adjacent to an activating group) is 1. The van der Waals surface area contributed by atoms with Crippen molar-refractivity contribution in [1.82, 2.24) is 10.2 Å². The second-order valence-corrected chi connectivity index (χ2v) is 4.86. The van der Waals surface area contributed by atoms with E-state index in [4.69, 9.17) is 4.42 Å². The molecule has 19 heavy (non-hydrogen) atoms. The van der Waals surface area contributed by atoms with E-state index in [1.807, 2.05) is 24.3 Å². The average molecular weight is 260 g/mol. The molecule has 1 saturated heterocycles. The summed E-state index contributed by atoms with van der Waals surface area (Å²) in [5, 5.41) is 13.8. The average Bonchev–Trinajstić information content (AvgIpc) is 3.02. The van der Waals surface area contributed by atoms with Gasteiger partial charge in [-0.05, 0) is 12.1 Å². The zero-order chi connectivity index (χ0) is 13.4. The van der Waals surface area contributed by atoms with Crippen molar-refractivity contribution in [3.63, 3.8) is 0 Å². The van der Waals surface area contributed by atoms with Crippen molar-refractivity contribution >= 4 is 16.9 Å². The van der Waals surface area contributed by atoms with Crippen molar-refractivity contribution in [3.05, 3.63) is 36.1 Å². The maximum Gasteiger partial charge on any atom is 0.289 e. The third kappa shape index (κ3) is 2.11. The van der Waals surface area contributed by atoms with Gasteiger partial charge in [-0.25, -0.2) is 0 Å². The lowest BCUT2D eigenvalue weighted by Crippen LogP contribution is -2.44. The van der Waals surface area contributed by atoms with E-state index in [1.54, 1.807) is 18.0 Å². The Morgan fingerprint density at radius 2 is 2.21 bits per heavy atom. The number of β-amino-alcohol motifs (C(OH)–C–C–N with tert-alkyl or cyclic N) is 1. The largest absolute Gasteiger partial charge is 0.451 e. The van der Waals surface area contributed by atoms with Crippen molar-refractivity contribution in [1.29, 1.82) is 0 Å². The van der Waals surface area contributed by atoms with Crippen LogP contribution in [0.5, 0.6) is 0 Å². The molecule has 2 N–H and O–H groups in total. The highest BCUT2D eigenvalue weighted by Crippen LogP contribution is 2.21. The molecule has 0 saturated carbocycles. The molecule has 1 fully saturated rings. The Morgan fingerprint density at radius 1 is 1.42 bits per heavy atom. The Balaban J connectivity index is 1.86. The van der Waals surface area contributed by atoms with E-state index >= 15 is 0 Å². The molecule has 3 rings (SSSR count). The van der Waals surface area contributed by atoms with E-state index in [2.05, 4.69) is 5.32 Å². The summed E-state index contributed by atoms with van der Waals surface area (Å²) in [5.74, 6) is 0.103. The van der Waals surface area contributed by atoms with Gasteiger partial charge in [0.15, 0.2) is 5.76 Å². The quantitative estimate of drug-likeness (QED) is 0.839. The summed E-state index contributed by atoms with van der Waals surface area (Å²) in [7, 11) is 1.69. The Kier molecular flexibility index (Phi) is 3.00. The fraction of sp³-hybridized carbons (Fsp3) is 0.357. The molecule has 1 aromatic heterocycles. The summed E-state index contributed by atoms with van der Waals surface area (Å²) in [6, 6.07) is 9.04. The van der Waals surface area contributed by atoms with Gasteiger partial charge < -0.3 is 19.7 Å². The number of fused-ring (bicyclic) bond motifs is 1. The lowest BCUT2D eigenvalue weighted by atomic mass is 10.2. The first kappa shape index (κ1) is 12.2. The summed E-state index contributed by atoms with van der Waals surface area (Å²) in [6.45, 7) is 1.12. The van der Waals surface area contributed by atoms with Crippen LogP contribution in [0.15, 0.2) is 34.7 Å². The Hall–Kier alpha value is -1.85.